The van der Waals surface area contributed by atoms with Crippen LogP contribution in [0.1, 0.15) is 52.2 Å². The summed E-state index contributed by atoms with van der Waals surface area (Å²) < 4.78 is 5.93. The second-order valence-electron chi connectivity index (χ2n) is 11.7. The number of fused-ring (bicyclic) bond motifs is 1. The highest BCUT2D eigenvalue weighted by atomic mass is 16.5. The summed E-state index contributed by atoms with van der Waals surface area (Å²) in [6, 6.07) is 7.15. The van der Waals surface area contributed by atoms with Gasteiger partial charge in [-0.1, -0.05) is 32.0 Å². The summed E-state index contributed by atoms with van der Waals surface area (Å²) in [6.07, 6.45) is 1.20. The minimum atomic E-state index is -1.29. The molecule has 41 heavy (non-hydrogen) atoms. The molecule has 8 N–H and O–H groups in total. The monoisotopic (exact) mass is 561 g/mol. The van der Waals surface area contributed by atoms with Crippen molar-refractivity contribution >= 4 is 23.7 Å². The molecule has 1 spiro atoms. The first kappa shape index (κ1) is 26.8. The maximum absolute atomic E-state index is 13.6. The Labute approximate surface area is 237 Å². The molecule has 13 nitrogen and oxygen atoms in total. The van der Waals surface area contributed by atoms with E-state index in [1.54, 1.807) is 36.2 Å². The standard InChI is InChI=1S/C28H35N9O4/c1-14-6-5-10-31-19(14)24(40)32-12-17-21-28(36-25(29)35-21)22(38)18(13-37(28)26(30)34-17)33-23(39)15-7-4-8-16-20(15)41-11-9-27(16,2)3/h4-8,10,17-18,21-22,38H,9,11-13H2,1-3H3,(H2,30,34)(H,32,40)(H,33,39)(H3,29,35,36)/t17-,18?,21?,22+,28?/m0/s1. The van der Waals surface area contributed by atoms with Gasteiger partial charge in [0.1, 0.15) is 17.5 Å². The second kappa shape index (κ2) is 9.61. The Morgan fingerprint density at radius 3 is 2.78 bits per heavy atom. The van der Waals surface area contributed by atoms with E-state index in [0.29, 0.717) is 23.6 Å². The molecule has 6 rings (SSSR count). The molecule has 13 heteroatoms. The quantitative estimate of drug-likeness (QED) is 0.244. The summed E-state index contributed by atoms with van der Waals surface area (Å²) in [6.45, 7) is 6.78. The number of aliphatic hydroxyl groups is 1. The van der Waals surface area contributed by atoms with E-state index in [2.05, 4.69) is 45.4 Å². The zero-order chi connectivity index (χ0) is 29.1. The molecule has 0 saturated carbocycles. The molecule has 3 unspecified atom stereocenters. The second-order valence-corrected chi connectivity index (χ2v) is 11.7. The summed E-state index contributed by atoms with van der Waals surface area (Å²) in [4.78, 5) is 32.2. The number of ether oxygens (including phenoxy) is 1. The van der Waals surface area contributed by atoms with Gasteiger partial charge in [0.05, 0.1) is 30.3 Å². The number of carbonyl (C=O) groups is 2. The maximum atomic E-state index is 13.6. The highest BCUT2D eigenvalue weighted by molar-refractivity contribution is 5.98. The minimum Gasteiger partial charge on any atom is -0.492 e. The van der Waals surface area contributed by atoms with E-state index in [1.165, 1.54) is 0 Å². The maximum Gasteiger partial charge on any atom is 0.270 e. The van der Waals surface area contributed by atoms with Crippen molar-refractivity contribution in [1.82, 2.24) is 36.5 Å². The molecular weight excluding hydrogens is 526 g/mol. The van der Waals surface area contributed by atoms with Gasteiger partial charge < -0.3 is 41.3 Å². The van der Waals surface area contributed by atoms with E-state index in [9.17, 15) is 14.7 Å². The van der Waals surface area contributed by atoms with Crippen molar-refractivity contribution in [3.8, 4) is 5.75 Å². The number of rotatable bonds is 5. The number of benzene rings is 1. The van der Waals surface area contributed by atoms with Crippen LogP contribution in [0.25, 0.3) is 0 Å². The van der Waals surface area contributed by atoms with E-state index in [1.807, 2.05) is 12.1 Å². The number of aromatic nitrogens is 1. The normalized spacial score (nSPS) is 29.1. The Bertz CT molecular complexity index is 1450. The molecule has 0 bridgehead atoms. The van der Waals surface area contributed by atoms with Crippen LogP contribution >= 0.6 is 0 Å². The van der Waals surface area contributed by atoms with Crippen LogP contribution in [-0.4, -0.2) is 88.3 Å². The van der Waals surface area contributed by atoms with Crippen molar-refractivity contribution in [2.45, 2.75) is 62.5 Å². The third kappa shape index (κ3) is 4.22. The molecular formula is C28H35N9O4. The number of hydrogen-bond acceptors (Lipinski definition) is 7. The Balaban J connectivity index is 1.23. The topological polar surface area (TPSA) is 188 Å². The molecule has 0 radical (unpaired) electrons. The third-order valence-electron chi connectivity index (χ3n) is 8.74. The summed E-state index contributed by atoms with van der Waals surface area (Å²) in [5, 5.41) is 43.8. The SMILES string of the molecule is Cc1cccnc1C(=O)NC[C@@H]1NC(=N)N2CC(NC(=O)c3cccc4c3OCCC4(C)C)[C@@H](O)C23NC(=N)NC13. The molecule has 2 amide bonds. The zero-order valence-corrected chi connectivity index (χ0v) is 23.2. The van der Waals surface area contributed by atoms with Gasteiger partial charge in [-0.05, 0) is 36.5 Å². The lowest BCUT2D eigenvalue weighted by Gasteiger charge is -2.49. The van der Waals surface area contributed by atoms with Crippen molar-refractivity contribution in [2.75, 3.05) is 19.7 Å². The minimum absolute atomic E-state index is 0.0106. The van der Waals surface area contributed by atoms with Crippen molar-refractivity contribution in [2.24, 2.45) is 0 Å². The smallest absolute Gasteiger partial charge is 0.270 e. The van der Waals surface area contributed by atoms with E-state index in [4.69, 9.17) is 15.6 Å². The number of aryl methyl sites for hydroxylation is 1. The molecule has 1 aromatic carbocycles. The van der Waals surface area contributed by atoms with Gasteiger partial charge >= 0.3 is 0 Å². The first-order valence-electron chi connectivity index (χ1n) is 13.7. The zero-order valence-electron chi connectivity index (χ0n) is 23.2. The fourth-order valence-corrected chi connectivity index (χ4v) is 6.50. The lowest BCUT2D eigenvalue weighted by Crippen LogP contribution is -2.78. The molecule has 0 aliphatic carbocycles. The fraction of sp³-hybridized carbons (Fsp3) is 0.464. The van der Waals surface area contributed by atoms with Crippen LogP contribution in [0.5, 0.6) is 5.75 Å². The van der Waals surface area contributed by atoms with Gasteiger partial charge in [-0.2, -0.15) is 0 Å². The van der Waals surface area contributed by atoms with Gasteiger partial charge in [0.2, 0.25) is 0 Å². The Morgan fingerprint density at radius 2 is 2.00 bits per heavy atom. The van der Waals surface area contributed by atoms with Crippen LogP contribution in [0.2, 0.25) is 0 Å². The number of nitrogens with zero attached hydrogens (tertiary/aromatic N) is 2. The number of guanidine groups is 2. The van der Waals surface area contributed by atoms with Crippen LogP contribution in [0.15, 0.2) is 36.5 Å². The lowest BCUT2D eigenvalue weighted by atomic mass is 9.79. The Hall–Kier alpha value is -4.39. The van der Waals surface area contributed by atoms with Gasteiger partial charge in [0, 0.05) is 24.8 Å². The largest absolute Gasteiger partial charge is 0.492 e. The number of para-hydroxylation sites is 1. The summed E-state index contributed by atoms with van der Waals surface area (Å²) in [5.74, 6) is -0.198. The molecule has 2 aromatic rings. The van der Waals surface area contributed by atoms with E-state index >= 15 is 0 Å². The summed E-state index contributed by atoms with van der Waals surface area (Å²) >= 11 is 0. The third-order valence-corrected chi connectivity index (χ3v) is 8.74. The first-order valence-corrected chi connectivity index (χ1v) is 13.7. The molecule has 5 atom stereocenters. The van der Waals surface area contributed by atoms with Crippen molar-refractivity contribution < 1.29 is 19.4 Å². The number of carbonyl (C=O) groups excluding carboxylic acids is 2. The highest BCUT2D eigenvalue weighted by Crippen LogP contribution is 2.41. The molecule has 4 aliphatic heterocycles. The molecule has 4 aliphatic rings. The average molecular weight is 562 g/mol. The van der Waals surface area contributed by atoms with Crippen LogP contribution < -0.4 is 31.3 Å². The predicted molar refractivity (Wildman–Crippen MR) is 150 cm³/mol. The highest BCUT2D eigenvalue weighted by Gasteiger charge is 2.66. The average Bonchev–Trinajstić information content (AvgIpc) is 3.43. The molecule has 3 fully saturated rings. The van der Waals surface area contributed by atoms with Crippen LogP contribution in [0, 0.1) is 17.7 Å². The summed E-state index contributed by atoms with van der Waals surface area (Å²) in [7, 11) is 0. The van der Waals surface area contributed by atoms with Gasteiger partial charge in [-0.15, -0.1) is 0 Å². The molecule has 1 aromatic heterocycles. The van der Waals surface area contributed by atoms with Crippen molar-refractivity contribution in [3.63, 3.8) is 0 Å². The van der Waals surface area contributed by atoms with E-state index < -0.39 is 29.9 Å². The van der Waals surface area contributed by atoms with Gasteiger partial charge in [0.15, 0.2) is 17.6 Å². The first-order chi connectivity index (χ1) is 19.5. The number of hydrogen-bond donors (Lipinski definition) is 8. The van der Waals surface area contributed by atoms with Crippen LogP contribution in [0.3, 0.4) is 0 Å². The summed E-state index contributed by atoms with van der Waals surface area (Å²) in [5.41, 5.74) is 0.972. The van der Waals surface area contributed by atoms with Crippen LogP contribution in [-0.2, 0) is 5.41 Å². The predicted octanol–water partition coefficient (Wildman–Crippen LogP) is -0.246. The van der Waals surface area contributed by atoms with Gasteiger partial charge in [-0.25, -0.2) is 0 Å². The number of amides is 2. The van der Waals surface area contributed by atoms with Gasteiger partial charge in [-0.3, -0.25) is 25.4 Å². The van der Waals surface area contributed by atoms with Crippen molar-refractivity contribution in [3.05, 3.63) is 58.9 Å². The number of aliphatic hydroxyl groups excluding tert-OH is 1. The number of pyridine rings is 1. The fourth-order valence-electron chi connectivity index (χ4n) is 6.50. The van der Waals surface area contributed by atoms with E-state index in [-0.39, 0.29) is 42.2 Å². The van der Waals surface area contributed by atoms with E-state index in [0.717, 1.165) is 17.5 Å². The molecule has 5 heterocycles. The van der Waals surface area contributed by atoms with Crippen LogP contribution in [0.4, 0.5) is 0 Å². The number of nitrogens with one attached hydrogen (secondary N) is 7. The molecule has 3 saturated heterocycles. The van der Waals surface area contributed by atoms with Crippen molar-refractivity contribution in [1.29, 1.82) is 10.8 Å². The lowest BCUT2D eigenvalue weighted by molar-refractivity contribution is 0.00611. The Morgan fingerprint density at radius 1 is 1.20 bits per heavy atom. The molecule has 216 valence electrons. The Kier molecular flexibility index (Phi) is 6.29. The van der Waals surface area contributed by atoms with Gasteiger partial charge in [0.25, 0.3) is 11.8 Å².